The smallest absolute Gasteiger partial charge is 0.311 e. The van der Waals surface area contributed by atoms with E-state index in [9.17, 15) is 46.0 Å². The highest BCUT2D eigenvalue weighted by Crippen LogP contribution is 2.33. The number of carbonyl (C=O) groups excluding carboxylic acids is 3. The number of nitrogens with two attached hydrogens (primary N) is 1. The molecule has 540 valence electrons. The summed E-state index contributed by atoms with van der Waals surface area (Å²) < 4.78 is 89.5. The standard InChI is InChI=1S/C28H30BBrClFO6S.C24H32BClFNO4.C22H28ClFN2O3/c1-3-37-28(33)22(18-38-39(35,36)25-11-8-23(30)9-12-25)15-20(17-29(2)34)14-19-4-6-21(7-5-19)26-16-24(31)10-13-27(26)32;1-3-32-24(30)20(16-28-10-11-29)13-18(15-25(2)31)12-17-4-6-19(7-5-17)22-14-21(26)8-9-23(22)27;1-2-29-22(28)17(14-26-9-10-27)12-19(25)11-15-3-5-16(6-4-15)20-13-18(23)7-8-21(20)24/h4-13,16,20,22,34H,3,14-15,17-18H2,1-2H3;4-9,14,18,20,28-29,31H,3,10-13,15-16H2,1-2H3;3-8,13,17,19,26-27H,2,9-12,14,25H2,1H3/t20-,22+;18-,20+;17-,19+/m110/s1. The van der Waals surface area contributed by atoms with Crippen molar-refractivity contribution in [1.82, 2.24) is 10.6 Å². The normalized spacial score (nSPS) is 13.1. The Kier molecular flexibility index (Phi) is 37.5. The molecule has 7 rings (SSSR count). The lowest BCUT2D eigenvalue weighted by atomic mass is 9.62. The highest BCUT2D eigenvalue weighted by molar-refractivity contribution is 9.10. The van der Waals surface area contributed by atoms with Crippen LogP contribution < -0.4 is 16.4 Å². The summed E-state index contributed by atoms with van der Waals surface area (Å²) in [4.78, 5) is 37.3. The number of nitrogens with one attached hydrogen (secondary N) is 2. The first-order valence-electron chi connectivity index (χ1n) is 33.3. The number of hydrogen-bond donors (Lipinski definition) is 7. The Hall–Kier alpha value is -6.15. The molecule has 0 aromatic heterocycles. The first kappa shape index (κ1) is 84.5. The predicted molar refractivity (Wildman–Crippen MR) is 395 cm³/mol. The molecule has 0 radical (unpaired) electrons. The van der Waals surface area contributed by atoms with Crippen LogP contribution in [0.1, 0.15) is 56.7 Å². The van der Waals surface area contributed by atoms with Crippen LogP contribution in [-0.4, -0.2) is 132 Å². The van der Waals surface area contributed by atoms with Crippen molar-refractivity contribution in [2.45, 2.75) is 96.5 Å². The fourth-order valence-corrected chi connectivity index (χ4v) is 13.2. The van der Waals surface area contributed by atoms with Crippen LogP contribution in [0.3, 0.4) is 0 Å². The van der Waals surface area contributed by atoms with Gasteiger partial charge in [-0.25, -0.2) is 13.2 Å². The highest BCUT2D eigenvalue weighted by atomic mass is 79.9. The monoisotopic (exact) mass is 1520 g/mol. The Morgan fingerprint density at radius 1 is 0.520 bits per heavy atom. The van der Waals surface area contributed by atoms with Crippen molar-refractivity contribution in [3.8, 4) is 33.4 Å². The van der Waals surface area contributed by atoms with Crippen LogP contribution in [0.5, 0.6) is 0 Å². The average molecular weight is 1530 g/mol. The SMILES string of the molecule is CCOC(=O)[C@H](CNCCO)C[C@H](CB(C)O)Cc1ccc(-c2cc(Cl)ccc2F)cc1.CCOC(=O)[C@H](CNCCO)C[C@H](N)Cc1ccc(-c2cc(Cl)ccc2F)cc1.CCOC(=O)[C@H](COS(=O)(=O)c1ccc(Br)cc1)C[C@H](CB(C)O)Cc1ccc(-c2cc(Cl)ccc2F)cc1. The van der Waals surface area contributed by atoms with E-state index in [1.165, 1.54) is 48.5 Å². The second kappa shape index (κ2) is 44.4. The van der Waals surface area contributed by atoms with E-state index in [2.05, 4.69) is 26.6 Å². The molecule has 16 nitrogen and oxygen atoms in total. The number of carbonyl (C=O) groups is 3. The zero-order chi connectivity index (χ0) is 73.3. The third-order valence-corrected chi connectivity index (χ3v) is 18.6. The van der Waals surface area contributed by atoms with Crippen LogP contribution in [-0.2, 0) is 62.2 Å². The van der Waals surface area contributed by atoms with Gasteiger partial charge in [0.15, 0.2) is 0 Å². The van der Waals surface area contributed by atoms with Gasteiger partial charge in [0.05, 0.1) is 62.3 Å². The average Bonchev–Trinajstić information content (AvgIpc) is 0.850. The summed E-state index contributed by atoms with van der Waals surface area (Å²) in [7, 11) is -4.09. The van der Waals surface area contributed by atoms with E-state index in [1.54, 1.807) is 76.9 Å². The molecule has 7 aromatic rings. The van der Waals surface area contributed by atoms with Gasteiger partial charge in [-0.15, -0.1) is 0 Å². The van der Waals surface area contributed by atoms with E-state index < -0.39 is 35.8 Å². The Labute approximate surface area is 610 Å². The predicted octanol–water partition coefficient (Wildman–Crippen LogP) is 13.9. The fraction of sp³-hybridized carbons (Fsp3) is 0.392. The van der Waals surface area contributed by atoms with Crippen LogP contribution >= 0.6 is 50.7 Å². The summed E-state index contributed by atoms with van der Waals surface area (Å²) in [5, 5.41) is 45.5. The minimum absolute atomic E-state index is 0.00116. The van der Waals surface area contributed by atoms with Gasteiger partial charge < -0.3 is 50.8 Å². The van der Waals surface area contributed by atoms with Crippen molar-refractivity contribution in [1.29, 1.82) is 0 Å². The number of hydrogen-bond acceptors (Lipinski definition) is 16. The van der Waals surface area contributed by atoms with E-state index in [4.69, 9.17) is 69.1 Å². The molecule has 0 heterocycles. The lowest BCUT2D eigenvalue weighted by molar-refractivity contribution is -0.150. The van der Waals surface area contributed by atoms with Crippen molar-refractivity contribution in [3.05, 3.63) is 205 Å². The summed E-state index contributed by atoms with van der Waals surface area (Å²) in [5.74, 6) is -3.92. The molecular weight excluding hydrogens is 1440 g/mol. The molecule has 0 saturated heterocycles. The number of benzene rings is 7. The summed E-state index contributed by atoms with van der Waals surface area (Å²) in [6.45, 7) is 9.43. The molecule has 0 aliphatic carbocycles. The first-order chi connectivity index (χ1) is 47.8. The third kappa shape index (κ3) is 29.7. The van der Waals surface area contributed by atoms with Crippen molar-refractivity contribution in [2.24, 2.45) is 35.3 Å². The van der Waals surface area contributed by atoms with Gasteiger partial charge in [-0.3, -0.25) is 18.6 Å². The second-order valence-corrected chi connectivity index (χ2v) is 28.2. The number of halogens is 7. The summed E-state index contributed by atoms with van der Waals surface area (Å²) in [6.07, 6.45) is 3.91. The van der Waals surface area contributed by atoms with Gasteiger partial charge in [-0.1, -0.05) is 137 Å². The number of aliphatic hydroxyl groups excluding tert-OH is 2. The maximum Gasteiger partial charge on any atom is 0.311 e. The molecule has 7 aromatic carbocycles. The van der Waals surface area contributed by atoms with Crippen LogP contribution in [0.2, 0.25) is 41.4 Å². The molecule has 0 bridgehead atoms. The van der Waals surface area contributed by atoms with Gasteiger partial charge in [-0.05, 0) is 196 Å². The maximum atomic E-state index is 14.3. The van der Waals surface area contributed by atoms with Crippen LogP contribution in [0.25, 0.3) is 33.4 Å². The Morgan fingerprint density at radius 2 is 0.860 bits per heavy atom. The van der Waals surface area contributed by atoms with Crippen LogP contribution in [0.4, 0.5) is 13.2 Å². The molecule has 8 N–H and O–H groups in total. The Morgan fingerprint density at radius 3 is 1.21 bits per heavy atom. The molecule has 26 heteroatoms. The number of aliphatic hydroxyl groups is 2. The molecule has 6 atom stereocenters. The highest BCUT2D eigenvalue weighted by Gasteiger charge is 2.31. The number of esters is 3. The van der Waals surface area contributed by atoms with Crippen LogP contribution in [0, 0.1) is 47.0 Å². The van der Waals surface area contributed by atoms with Gasteiger partial charge in [0.25, 0.3) is 23.9 Å². The van der Waals surface area contributed by atoms with E-state index >= 15 is 0 Å². The van der Waals surface area contributed by atoms with Gasteiger partial charge in [0, 0.05) is 68.5 Å². The van der Waals surface area contributed by atoms with E-state index in [0.29, 0.717) is 121 Å². The largest absolute Gasteiger partial charge is 0.466 e. The third-order valence-electron chi connectivity index (χ3n) is 16.0. The summed E-state index contributed by atoms with van der Waals surface area (Å²) in [5.41, 5.74) is 12.6. The molecule has 0 aliphatic heterocycles. The fourth-order valence-electron chi connectivity index (χ4n) is 11.4. The second-order valence-electron chi connectivity index (χ2n) is 24.3. The Bertz CT molecular complexity index is 3750. The molecule has 0 aliphatic rings. The zero-order valence-electron chi connectivity index (χ0n) is 56.9. The van der Waals surface area contributed by atoms with Crippen LogP contribution in [0.15, 0.2) is 161 Å². The van der Waals surface area contributed by atoms with Gasteiger partial charge in [0.2, 0.25) is 0 Å². The minimum atomic E-state index is -4.09. The van der Waals surface area contributed by atoms with Gasteiger partial charge >= 0.3 is 17.9 Å². The first-order valence-corrected chi connectivity index (χ1v) is 36.6. The van der Waals surface area contributed by atoms with Crippen molar-refractivity contribution in [3.63, 3.8) is 0 Å². The van der Waals surface area contributed by atoms with Crippen molar-refractivity contribution < 1.29 is 74.6 Å². The van der Waals surface area contributed by atoms with Gasteiger partial charge in [-0.2, -0.15) is 8.42 Å². The molecule has 100 heavy (non-hydrogen) atoms. The molecule has 0 fully saturated rings. The lowest BCUT2D eigenvalue weighted by Gasteiger charge is -2.23. The topological polar surface area (TPSA) is 253 Å². The molecule has 0 unspecified atom stereocenters. The van der Waals surface area contributed by atoms with Crippen molar-refractivity contribution in [2.75, 3.05) is 65.8 Å². The molecule has 0 spiro atoms. The zero-order valence-corrected chi connectivity index (χ0v) is 61.5. The quantitative estimate of drug-likeness (QED) is 0.00628. The molecule has 0 amide bonds. The maximum absolute atomic E-state index is 14.3. The van der Waals surface area contributed by atoms with E-state index in [1.807, 2.05) is 60.7 Å². The Balaban J connectivity index is 0.000000274. The van der Waals surface area contributed by atoms with E-state index in [-0.39, 0.29) is 96.8 Å². The molecule has 0 saturated carbocycles. The van der Waals surface area contributed by atoms with Crippen molar-refractivity contribution >= 4 is 92.6 Å². The van der Waals surface area contributed by atoms with E-state index in [0.717, 1.165) is 32.3 Å². The molecular formula is C74H90B2BrCl3F3N3O13S. The number of ether oxygens (including phenoxy) is 3. The summed E-state index contributed by atoms with van der Waals surface area (Å²) >= 11 is 21.3. The number of rotatable bonds is 37. The van der Waals surface area contributed by atoms with Gasteiger partial charge in [0.1, 0.15) is 17.5 Å². The summed E-state index contributed by atoms with van der Waals surface area (Å²) in [6, 6.07) is 41.4. The lowest BCUT2D eigenvalue weighted by Crippen LogP contribution is -2.37. The minimum Gasteiger partial charge on any atom is -0.466 e.